The van der Waals surface area contributed by atoms with E-state index in [1.807, 2.05) is 13.0 Å². The zero-order valence-electron chi connectivity index (χ0n) is 13.0. The fourth-order valence-electron chi connectivity index (χ4n) is 2.93. The fourth-order valence-corrected chi connectivity index (χ4v) is 2.93. The zero-order chi connectivity index (χ0) is 15.0. The minimum atomic E-state index is 0.0992. The molecule has 0 bridgehead atoms. The number of hydrogen-bond donors (Lipinski definition) is 1. The third-order valence-corrected chi connectivity index (χ3v) is 4.59. The SMILES string of the molecule is Cc1occc1CN(C)C(CN)c1ccc(C2CC2C)o1. The van der Waals surface area contributed by atoms with Crippen molar-refractivity contribution in [2.75, 3.05) is 13.6 Å². The van der Waals surface area contributed by atoms with E-state index in [2.05, 4.69) is 31.0 Å². The Bertz CT molecular complexity index is 601. The summed E-state index contributed by atoms with van der Waals surface area (Å²) in [6.07, 6.45) is 2.97. The molecule has 0 aromatic carbocycles. The number of nitrogens with two attached hydrogens (primary N) is 1. The van der Waals surface area contributed by atoms with E-state index in [-0.39, 0.29) is 6.04 Å². The van der Waals surface area contributed by atoms with Crippen LogP contribution in [0.25, 0.3) is 0 Å². The van der Waals surface area contributed by atoms with Crippen LogP contribution in [0.5, 0.6) is 0 Å². The summed E-state index contributed by atoms with van der Waals surface area (Å²) in [5.74, 6) is 4.41. The van der Waals surface area contributed by atoms with Crippen molar-refractivity contribution >= 4 is 0 Å². The molecule has 1 saturated carbocycles. The molecule has 1 fully saturated rings. The number of aryl methyl sites for hydroxylation is 1. The first-order valence-electron chi connectivity index (χ1n) is 7.63. The van der Waals surface area contributed by atoms with Crippen LogP contribution >= 0.6 is 0 Å². The van der Waals surface area contributed by atoms with Gasteiger partial charge in [0.2, 0.25) is 0 Å². The quantitative estimate of drug-likeness (QED) is 0.884. The molecule has 4 nitrogen and oxygen atoms in total. The summed E-state index contributed by atoms with van der Waals surface area (Å²) in [5.41, 5.74) is 7.17. The molecule has 0 amide bonds. The molecule has 114 valence electrons. The van der Waals surface area contributed by atoms with E-state index in [9.17, 15) is 0 Å². The molecule has 4 heteroatoms. The van der Waals surface area contributed by atoms with Gasteiger partial charge in [-0.2, -0.15) is 0 Å². The second-order valence-corrected chi connectivity index (χ2v) is 6.23. The molecular formula is C17H24N2O2. The van der Waals surface area contributed by atoms with Gasteiger partial charge in [-0.15, -0.1) is 0 Å². The van der Waals surface area contributed by atoms with Crippen molar-refractivity contribution in [3.05, 3.63) is 47.3 Å². The summed E-state index contributed by atoms with van der Waals surface area (Å²) < 4.78 is 11.4. The van der Waals surface area contributed by atoms with Gasteiger partial charge < -0.3 is 14.6 Å². The summed E-state index contributed by atoms with van der Waals surface area (Å²) in [7, 11) is 2.08. The highest BCUT2D eigenvalue weighted by molar-refractivity contribution is 5.20. The summed E-state index contributed by atoms with van der Waals surface area (Å²) in [6.45, 7) is 5.60. The Labute approximate surface area is 125 Å². The van der Waals surface area contributed by atoms with Crippen LogP contribution in [0, 0.1) is 12.8 Å². The van der Waals surface area contributed by atoms with Crippen LogP contribution < -0.4 is 5.73 Å². The van der Waals surface area contributed by atoms with E-state index in [1.165, 1.54) is 12.0 Å². The molecule has 21 heavy (non-hydrogen) atoms. The van der Waals surface area contributed by atoms with E-state index >= 15 is 0 Å². The first-order valence-corrected chi connectivity index (χ1v) is 7.63. The Morgan fingerprint density at radius 1 is 1.38 bits per heavy atom. The van der Waals surface area contributed by atoms with Crippen molar-refractivity contribution in [2.45, 2.75) is 38.8 Å². The average Bonchev–Trinajstić information content (AvgIpc) is 2.86. The first kappa shape index (κ1) is 14.4. The zero-order valence-corrected chi connectivity index (χ0v) is 13.0. The molecular weight excluding hydrogens is 264 g/mol. The smallest absolute Gasteiger partial charge is 0.122 e. The monoisotopic (exact) mass is 288 g/mol. The Morgan fingerprint density at radius 3 is 2.71 bits per heavy atom. The van der Waals surface area contributed by atoms with Crippen LogP contribution in [0.3, 0.4) is 0 Å². The maximum atomic E-state index is 6.06. The van der Waals surface area contributed by atoms with Gasteiger partial charge in [0.15, 0.2) is 0 Å². The Hall–Kier alpha value is -1.52. The average molecular weight is 288 g/mol. The fraction of sp³-hybridized carbons (Fsp3) is 0.529. The lowest BCUT2D eigenvalue weighted by atomic mass is 10.1. The van der Waals surface area contributed by atoms with Gasteiger partial charge in [0, 0.05) is 24.6 Å². The largest absolute Gasteiger partial charge is 0.469 e. The van der Waals surface area contributed by atoms with E-state index in [0.29, 0.717) is 12.5 Å². The van der Waals surface area contributed by atoms with Gasteiger partial charge in [-0.05, 0) is 44.5 Å². The first-order chi connectivity index (χ1) is 10.1. The molecule has 0 radical (unpaired) electrons. The van der Waals surface area contributed by atoms with E-state index in [0.717, 1.165) is 29.7 Å². The summed E-state index contributed by atoms with van der Waals surface area (Å²) in [4.78, 5) is 2.22. The maximum absolute atomic E-state index is 6.06. The van der Waals surface area contributed by atoms with Crippen molar-refractivity contribution in [1.82, 2.24) is 4.90 Å². The molecule has 0 aliphatic heterocycles. The number of hydrogen-bond acceptors (Lipinski definition) is 4. The predicted octanol–water partition coefficient (Wildman–Crippen LogP) is 3.44. The van der Waals surface area contributed by atoms with Crippen LogP contribution in [0.2, 0.25) is 0 Å². The summed E-state index contributed by atoms with van der Waals surface area (Å²) in [6, 6.07) is 6.31. The highest BCUT2D eigenvalue weighted by Gasteiger charge is 2.37. The molecule has 0 spiro atoms. The maximum Gasteiger partial charge on any atom is 0.122 e. The molecule has 0 saturated heterocycles. The van der Waals surface area contributed by atoms with Crippen molar-refractivity contribution in [1.29, 1.82) is 0 Å². The number of furan rings is 2. The molecule has 2 aromatic heterocycles. The van der Waals surface area contributed by atoms with Gasteiger partial charge in [0.05, 0.1) is 12.3 Å². The number of nitrogens with zero attached hydrogens (tertiary/aromatic N) is 1. The third kappa shape index (κ3) is 2.92. The van der Waals surface area contributed by atoms with Gasteiger partial charge in [-0.25, -0.2) is 0 Å². The van der Waals surface area contributed by atoms with Gasteiger partial charge in [0.25, 0.3) is 0 Å². The van der Waals surface area contributed by atoms with Gasteiger partial charge >= 0.3 is 0 Å². The molecule has 2 N–H and O–H groups in total. The van der Waals surface area contributed by atoms with Gasteiger partial charge in [-0.3, -0.25) is 4.90 Å². The minimum absolute atomic E-state index is 0.0992. The second kappa shape index (κ2) is 5.70. The summed E-state index contributed by atoms with van der Waals surface area (Å²) >= 11 is 0. The van der Waals surface area contributed by atoms with Gasteiger partial charge in [0.1, 0.15) is 17.3 Å². The Morgan fingerprint density at radius 2 is 2.14 bits per heavy atom. The number of rotatable bonds is 6. The number of likely N-dealkylation sites (N-methyl/N-ethyl adjacent to an activating group) is 1. The molecule has 3 atom stereocenters. The molecule has 1 aliphatic carbocycles. The van der Waals surface area contributed by atoms with E-state index < -0.39 is 0 Å². The van der Waals surface area contributed by atoms with Crippen LogP contribution in [-0.2, 0) is 6.54 Å². The standard InChI is InChI=1S/C17H24N2O2/c1-11-8-14(11)16-4-5-17(21-16)15(9-18)19(3)10-13-6-7-20-12(13)2/h4-7,11,14-15H,8-10,18H2,1-3H3. The highest BCUT2D eigenvalue weighted by atomic mass is 16.3. The Balaban J connectivity index is 1.71. The van der Waals surface area contributed by atoms with Crippen molar-refractivity contribution in [3.8, 4) is 0 Å². The van der Waals surface area contributed by atoms with Crippen LogP contribution in [0.1, 0.15) is 48.1 Å². The lowest BCUT2D eigenvalue weighted by molar-refractivity contribution is 0.209. The van der Waals surface area contributed by atoms with Crippen molar-refractivity contribution in [3.63, 3.8) is 0 Å². The molecule has 3 rings (SSSR count). The van der Waals surface area contributed by atoms with E-state index in [4.69, 9.17) is 14.6 Å². The van der Waals surface area contributed by atoms with Crippen LogP contribution in [0.4, 0.5) is 0 Å². The minimum Gasteiger partial charge on any atom is -0.469 e. The molecule has 1 aliphatic rings. The molecule has 2 heterocycles. The van der Waals surface area contributed by atoms with Crippen LogP contribution in [-0.4, -0.2) is 18.5 Å². The Kier molecular flexibility index (Phi) is 3.91. The second-order valence-electron chi connectivity index (χ2n) is 6.23. The summed E-state index contributed by atoms with van der Waals surface area (Å²) in [5, 5.41) is 0. The highest BCUT2D eigenvalue weighted by Crippen LogP contribution is 2.47. The van der Waals surface area contributed by atoms with Crippen LogP contribution in [0.15, 0.2) is 33.3 Å². The molecule has 3 unspecified atom stereocenters. The third-order valence-electron chi connectivity index (χ3n) is 4.59. The van der Waals surface area contributed by atoms with Crippen molar-refractivity contribution in [2.24, 2.45) is 11.7 Å². The predicted molar refractivity (Wildman–Crippen MR) is 81.9 cm³/mol. The van der Waals surface area contributed by atoms with Gasteiger partial charge in [-0.1, -0.05) is 6.92 Å². The lowest BCUT2D eigenvalue weighted by Gasteiger charge is -2.25. The molecule has 2 aromatic rings. The topological polar surface area (TPSA) is 55.5 Å². The lowest BCUT2D eigenvalue weighted by Crippen LogP contribution is -2.30. The van der Waals surface area contributed by atoms with Crippen molar-refractivity contribution < 1.29 is 8.83 Å². The normalized spacial score (nSPS) is 22.7. The van der Waals surface area contributed by atoms with E-state index in [1.54, 1.807) is 6.26 Å².